The maximum Gasteiger partial charge on any atom is 0.254 e. The van der Waals surface area contributed by atoms with Crippen molar-refractivity contribution in [2.24, 2.45) is 0 Å². The Morgan fingerprint density at radius 1 is 0.926 bits per heavy atom. The predicted molar refractivity (Wildman–Crippen MR) is 101 cm³/mol. The molecule has 0 radical (unpaired) electrons. The van der Waals surface area contributed by atoms with Crippen molar-refractivity contribution in [3.8, 4) is 0 Å². The largest absolute Gasteiger partial charge is 0.350 e. The second kappa shape index (κ2) is 9.26. The number of rotatable bonds is 7. The molecule has 27 heavy (non-hydrogen) atoms. The van der Waals surface area contributed by atoms with Crippen LogP contribution in [0, 0.1) is 25.5 Å². The molecule has 0 fully saturated rings. The topological polar surface area (TPSA) is 58.2 Å². The number of hydrogen-bond acceptors (Lipinski definition) is 2. The molecule has 2 aromatic carbocycles. The lowest BCUT2D eigenvalue weighted by Gasteiger charge is -2.19. The molecule has 144 valence electrons. The highest BCUT2D eigenvalue weighted by Gasteiger charge is 2.18. The van der Waals surface area contributed by atoms with E-state index in [0.29, 0.717) is 6.42 Å². The Labute approximate surface area is 158 Å². The van der Waals surface area contributed by atoms with E-state index in [0.717, 1.165) is 17.5 Å². The van der Waals surface area contributed by atoms with Gasteiger partial charge >= 0.3 is 0 Å². The minimum Gasteiger partial charge on any atom is -0.350 e. The third-order valence-electron chi connectivity index (χ3n) is 4.21. The van der Waals surface area contributed by atoms with E-state index in [1.54, 1.807) is 26.0 Å². The van der Waals surface area contributed by atoms with Crippen LogP contribution in [0.5, 0.6) is 0 Å². The maximum absolute atomic E-state index is 13.9. The molecule has 0 spiro atoms. The Hall–Kier alpha value is -2.76. The van der Waals surface area contributed by atoms with Crippen molar-refractivity contribution in [1.29, 1.82) is 0 Å². The first-order valence-electron chi connectivity index (χ1n) is 8.93. The summed E-state index contributed by atoms with van der Waals surface area (Å²) in [5.41, 5.74) is 1.47. The fourth-order valence-corrected chi connectivity index (χ4v) is 2.77. The number of amides is 2. The van der Waals surface area contributed by atoms with Crippen LogP contribution < -0.4 is 10.6 Å². The minimum absolute atomic E-state index is 0.0350. The fourth-order valence-electron chi connectivity index (χ4n) is 2.77. The van der Waals surface area contributed by atoms with Gasteiger partial charge in [0.15, 0.2) is 0 Å². The van der Waals surface area contributed by atoms with Crippen LogP contribution in [0.3, 0.4) is 0 Å². The fraction of sp³-hybridized carbons (Fsp3) is 0.333. The summed E-state index contributed by atoms with van der Waals surface area (Å²) in [5, 5.41) is 5.40. The third kappa shape index (κ3) is 5.61. The molecule has 2 N–H and O–H groups in total. The molecule has 4 nitrogen and oxygen atoms in total. The van der Waals surface area contributed by atoms with Crippen molar-refractivity contribution in [3.05, 3.63) is 70.3 Å². The number of hydrogen-bond donors (Lipinski definition) is 2. The van der Waals surface area contributed by atoms with Gasteiger partial charge in [-0.25, -0.2) is 8.78 Å². The zero-order valence-corrected chi connectivity index (χ0v) is 15.7. The van der Waals surface area contributed by atoms with Gasteiger partial charge in [-0.3, -0.25) is 9.59 Å². The first-order chi connectivity index (χ1) is 12.8. The SMILES string of the molecule is CCCC(CNC(=O)c1cc(C)ccc1F)NC(=O)c1cc(C)ccc1F. The van der Waals surface area contributed by atoms with Crippen molar-refractivity contribution in [1.82, 2.24) is 10.6 Å². The summed E-state index contributed by atoms with van der Waals surface area (Å²) in [5.74, 6) is -2.28. The van der Waals surface area contributed by atoms with Crippen molar-refractivity contribution >= 4 is 11.8 Å². The molecule has 0 saturated heterocycles. The summed E-state index contributed by atoms with van der Waals surface area (Å²) >= 11 is 0. The average Bonchev–Trinajstić information content (AvgIpc) is 2.63. The van der Waals surface area contributed by atoms with Gasteiger partial charge < -0.3 is 10.6 Å². The second-order valence-electron chi connectivity index (χ2n) is 6.64. The molecule has 2 aromatic rings. The maximum atomic E-state index is 13.9. The van der Waals surface area contributed by atoms with E-state index in [-0.39, 0.29) is 23.7 Å². The molecular weight excluding hydrogens is 350 g/mol. The first-order valence-corrected chi connectivity index (χ1v) is 8.93. The van der Waals surface area contributed by atoms with E-state index in [9.17, 15) is 18.4 Å². The van der Waals surface area contributed by atoms with Gasteiger partial charge in [0.2, 0.25) is 0 Å². The number of aryl methyl sites for hydroxylation is 2. The molecule has 0 bridgehead atoms. The van der Waals surface area contributed by atoms with Crippen LogP contribution in [0.15, 0.2) is 36.4 Å². The summed E-state index contributed by atoms with van der Waals surface area (Å²) in [4.78, 5) is 24.6. The van der Waals surface area contributed by atoms with Crippen LogP contribution in [-0.2, 0) is 0 Å². The molecule has 2 rings (SSSR count). The van der Waals surface area contributed by atoms with Gasteiger partial charge in [0, 0.05) is 12.6 Å². The molecule has 0 aliphatic carbocycles. The highest BCUT2D eigenvalue weighted by Crippen LogP contribution is 2.12. The highest BCUT2D eigenvalue weighted by molar-refractivity contribution is 5.95. The molecule has 0 aliphatic heterocycles. The number of carbonyl (C=O) groups excluding carboxylic acids is 2. The summed E-state index contributed by atoms with van der Waals surface area (Å²) in [6.45, 7) is 5.61. The Morgan fingerprint density at radius 3 is 1.96 bits per heavy atom. The number of nitrogens with one attached hydrogen (secondary N) is 2. The third-order valence-corrected chi connectivity index (χ3v) is 4.21. The average molecular weight is 374 g/mol. The molecule has 0 aromatic heterocycles. The number of carbonyl (C=O) groups is 2. The van der Waals surface area contributed by atoms with Crippen LogP contribution in [0.1, 0.15) is 51.6 Å². The molecule has 6 heteroatoms. The molecule has 2 amide bonds. The lowest BCUT2D eigenvalue weighted by Crippen LogP contribution is -2.44. The molecule has 1 atom stereocenters. The standard InChI is InChI=1S/C21H24F2N2O2/c1-4-5-15(25-21(27)17-11-14(3)7-9-19(17)23)12-24-20(26)16-10-13(2)6-8-18(16)22/h6-11,15H,4-5,12H2,1-3H3,(H,24,26)(H,25,27). The van der Waals surface area contributed by atoms with E-state index >= 15 is 0 Å². The highest BCUT2D eigenvalue weighted by atomic mass is 19.1. The zero-order valence-electron chi connectivity index (χ0n) is 15.7. The van der Waals surface area contributed by atoms with Crippen molar-refractivity contribution in [2.45, 2.75) is 39.7 Å². The number of benzene rings is 2. The first kappa shape index (κ1) is 20.6. The Kier molecular flexibility index (Phi) is 7.05. The van der Waals surface area contributed by atoms with Crippen molar-refractivity contribution in [2.75, 3.05) is 6.54 Å². The zero-order chi connectivity index (χ0) is 20.0. The van der Waals surface area contributed by atoms with Gasteiger partial charge in [-0.15, -0.1) is 0 Å². The van der Waals surface area contributed by atoms with Gasteiger partial charge in [0.25, 0.3) is 11.8 Å². The smallest absolute Gasteiger partial charge is 0.254 e. The van der Waals surface area contributed by atoms with Crippen molar-refractivity contribution in [3.63, 3.8) is 0 Å². The lowest BCUT2D eigenvalue weighted by molar-refractivity contribution is 0.0902. The quantitative estimate of drug-likeness (QED) is 0.772. The predicted octanol–water partition coefficient (Wildman–Crippen LogP) is 3.91. The van der Waals surface area contributed by atoms with E-state index in [1.165, 1.54) is 24.3 Å². The van der Waals surface area contributed by atoms with Crippen LogP contribution in [-0.4, -0.2) is 24.4 Å². The lowest BCUT2D eigenvalue weighted by atomic mass is 10.1. The van der Waals surface area contributed by atoms with E-state index in [2.05, 4.69) is 10.6 Å². The molecule has 1 unspecified atom stereocenters. The van der Waals surface area contributed by atoms with Crippen LogP contribution >= 0.6 is 0 Å². The molecule has 0 heterocycles. The van der Waals surface area contributed by atoms with Gasteiger partial charge in [0.05, 0.1) is 11.1 Å². The number of halogens is 2. The van der Waals surface area contributed by atoms with Gasteiger partial charge in [0.1, 0.15) is 11.6 Å². The molecule has 0 saturated carbocycles. The monoisotopic (exact) mass is 374 g/mol. The van der Waals surface area contributed by atoms with Gasteiger partial charge in [-0.2, -0.15) is 0 Å². The second-order valence-corrected chi connectivity index (χ2v) is 6.64. The van der Waals surface area contributed by atoms with E-state index in [4.69, 9.17) is 0 Å². The normalized spacial score (nSPS) is 11.7. The van der Waals surface area contributed by atoms with Crippen LogP contribution in [0.2, 0.25) is 0 Å². The minimum atomic E-state index is -0.601. The Balaban J connectivity index is 2.04. The Bertz CT molecular complexity index is 837. The summed E-state index contributed by atoms with van der Waals surface area (Å²) in [6.07, 6.45) is 1.35. The molecular formula is C21H24F2N2O2. The van der Waals surface area contributed by atoms with E-state index in [1.807, 2.05) is 6.92 Å². The summed E-state index contributed by atoms with van der Waals surface area (Å²) in [7, 11) is 0. The van der Waals surface area contributed by atoms with Gasteiger partial charge in [-0.1, -0.05) is 36.6 Å². The summed E-state index contributed by atoms with van der Waals surface area (Å²) < 4.78 is 27.7. The van der Waals surface area contributed by atoms with Crippen LogP contribution in [0.25, 0.3) is 0 Å². The van der Waals surface area contributed by atoms with Gasteiger partial charge in [-0.05, 0) is 44.5 Å². The summed E-state index contributed by atoms with van der Waals surface area (Å²) in [6, 6.07) is 8.24. The Morgan fingerprint density at radius 2 is 1.44 bits per heavy atom. The van der Waals surface area contributed by atoms with Crippen molar-refractivity contribution < 1.29 is 18.4 Å². The molecule has 0 aliphatic rings. The van der Waals surface area contributed by atoms with E-state index < -0.39 is 23.4 Å². The van der Waals surface area contributed by atoms with Crippen LogP contribution in [0.4, 0.5) is 8.78 Å².